The number of hydrogen-bond donors (Lipinski definition) is 2. The van der Waals surface area contributed by atoms with Gasteiger partial charge in [0.25, 0.3) is 0 Å². The maximum atomic E-state index is 10.9. The molecule has 1 aliphatic rings. The number of carboxylic acids is 1. The van der Waals surface area contributed by atoms with E-state index in [0.717, 1.165) is 25.4 Å². The number of aliphatic carboxylic acids is 1. The summed E-state index contributed by atoms with van der Waals surface area (Å²) in [6.45, 7) is 3.96. The molecule has 1 aliphatic heterocycles. The highest BCUT2D eigenvalue weighted by molar-refractivity contribution is 7.99. The van der Waals surface area contributed by atoms with Crippen LogP contribution < -0.4 is 5.32 Å². The third-order valence-corrected chi connectivity index (χ3v) is 4.00. The second kappa shape index (κ2) is 8.39. The first-order chi connectivity index (χ1) is 8.99. The molecule has 0 aliphatic carbocycles. The number of ether oxygens (including phenoxy) is 1. The molecule has 0 radical (unpaired) electrons. The van der Waals surface area contributed by atoms with E-state index >= 15 is 0 Å². The average Bonchev–Trinajstić information content (AvgIpc) is 2.32. The van der Waals surface area contributed by atoms with Crippen molar-refractivity contribution in [3.63, 3.8) is 0 Å². The van der Waals surface area contributed by atoms with Gasteiger partial charge in [-0.1, -0.05) is 0 Å². The lowest BCUT2D eigenvalue weighted by Gasteiger charge is -2.29. The van der Waals surface area contributed by atoms with Crippen molar-refractivity contribution in [2.24, 2.45) is 0 Å². The van der Waals surface area contributed by atoms with Crippen LogP contribution in [0.4, 0.5) is 0 Å². The number of amides is 1. The summed E-state index contributed by atoms with van der Waals surface area (Å²) in [6, 6.07) is -0.792. The molecule has 0 saturated carbocycles. The minimum absolute atomic E-state index is 0.216. The van der Waals surface area contributed by atoms with E-state index in [9.17, 15) is 9.59 Å². The fourth-order valence-electron chi connectivity index (χ4n) is 1.89. The Balaban J connectivity index is 2.17. The van der Waals surface area contributed by atoms with Crippen molar-refractivity contribution in [1.82, 2.24) is 10.2 Å². The summed E-state index contributed by atoms with van der Waals surface area (Å²) in [7, 11) is 2.07. The Kier molecular flexibility index (Phi) is 7.19. The molecular formula is C12H22N2O4S. The second-order valence-corrected chi connectivity index (χ2v) is 5.86. The van der Waals surface area contributed by atoms with Gasteiger partial charge in [-0.2, -0.15) is 11.8 Å². The van der Waals surface area contributed by atoms with Crippen molar-refractivity contribution >= 4 is 23.6 Å². The van der Waals surface area contributed by atoms with E-state index in [-0.39, 0.29) is 12.0 Å². The van der Waals surface area contributed by atoms with Crippen molar-refractivity contribution in [1.29, 1.82) is 0 Å². The Morgan fingerprint density at radius 1 is 1.58 bits per heavy atom. The monoisotopic (exact) mass is 290 g/mol. The predicted molar refractivity (Wildman–Crippen MR) is 74.4 cm³/mol. The van der Waals surface area contributed by atoms with Crippen LogP contribution in [0.3, 0.4) is 0 Å². The van der Waals surface area contributed by atoms with Crippen molar-refractivity contribution in [3.8, 4) is 0 Å². The molecule has 1 rings (SSSR count). The molecule has 19 heavy (non-hydrogen) atoms. The van der Waals surface area contributed by atoms with Crippen molar-refractivity contribution in [3.05, 3.63) is 0 Å². The molecule has 110 valence electrons. The summed E-state index contributed by atoms with van der Waals surface area (Å²) in [5, 5.41) is 11.4. The zero-order chi connectivity index (χ0) is 14.3. The van der Waals surface area contributed by atoms with Gasteiger partial charge in [0.05, 0.1) is 12.7 Å². The Labute approximate surface area is 117 Å². The highest BCUT2D eigenvalue weighted by Gasteiger charge is 2.20. The van der Waals surface area contributed by atoms with Gasteiger partial charge in [-0.3, -0.25) is 4.79 Å². The molecule has 1 amide bonds. The van der Waals surface area contributed by atoms with E-state index in [1.165, 1.54) is 6.92 Å². The molecule has 2 unspecified atom stereocenters. The largest absolute Gasteiger partial charge is 0.480 e. The molecule has 0 spiro atoms. The lowest BCUT2D eigenvalue weighted by Crippen LogP contribution is -2.41. The Hall–Kier alpha value is -0.790. The van der Waals surface area contributed by atoms with Gasteiger partial charge in [-0.25, -0.2) is 4.79 Å². The highest BCUT2D eigenvalue weighted by atomic mass is 32.2. The lowest BCUT2D eigenvalue weighted by atomic mass is 10.2. The molecule has 0 bridgehead atoms. The Morgan fingerprint density at radius 3 is 2.89 bits per heavy atom. The molecule has 0 aromatic rings. The van der Waals surface area contributed by atoms with Gasteiger partial charge < -0.3 is 20.1 Å². The van der Waals surface area contributed by atoms with Crippen LogP contribution in [0.25, 0.3) is 0 Å². The minimum Gasteiger partial charge on any atom is -0.480 e. The fourth-order valence-corrected chi connectivity index (χ4v) is 2.92. The van der Waals surface area contributed by atoms with Crippen LogP contribution in [0.2, 0.25) is 0 Å². The van der Waals surface area contributed by atoms with E-state index in [1.54, 1.807) is 11.8 Å². The van der Waals surface area contributed by atoms with Crippen molar-refractivity contribution in [2.75, 3.05) is 38.2 Å². The fraction of sp³-hybridized carbons (Fsp3) is 0.833. The van der Waals surface area contributed by atoms with Gasteiger partial charge in [-0.15, -0.1) is 0 Å². The lowest BCUT2D eigenvalue weighted by molar-refractivity contribution is -0.141. The number of likely N-dealkylation sites (N-methyl/N-ethyl adjacent to an activating group) is 1. The topological polar surface area (TPSA) is 78.9 Å². The molecule has 2 atom stereocenters. The van der Waals surface area contributed by atoms with Crippen LogP contribution >= 0.6 is 11.8 Å². The number of nitrogens with one attached hydrogen (secondary N) is 1. The van der Waals surface area contributed by atoms with Gasteiger partial charge in [0.2, 0.25) is 5.91 Å². The van der Waals surface area contributed by atoms with Gasteiger partial charge in [0, 0.05) is 25.8 Å². The number of morpholine rings is 1. The summed E-state index contributed by atoms with van der Waals surface area (Å²) in [5.41, 5.74) is 0. The number of rotatable bonds is 7. The Bertz CT molecular complexity index is 314. The molecule has 2 N–H and O–H groups in total. The number of carboxylic acid groups (broad SMARTS) is 1. The van der Waals surface area contributed by atoms with Crippen LogP contribution in [0.15, 0.2) is 0 Å². The SMILES string of the molecule is CC(=O)NC(CCSCC1CN(C)CCO1)C(=O)O. The predicted octanol–water partition coefficient (Wildman–Crippen LogP) is 0.0296. The summed E-state index contributed by atoms with van der Waals surface area (Å²) < 4.78 is 5.62. The molecule has 6 nitrogen and oxygen atoms in total. The zero-order valence-electron chi connectivity index (χ0n) is 11.4. The van der Waals surface area contributed by atoms with E-state index in [2.05, 4.69) is 17.3 Å². The van der Waals surface area contributed by atoms with Crippen LogP contribution in [-0.2, 0) is 14.3 Å². The van der Waals surface area contributed by atoms with Crippen LogP contribution in [-0.4, -0.2) is 72.3 Å². The smallest absolute Gasteiger partial charge is 0.326 e. The molecule has 1 saturated heterocycles. The quantitative estimate of drug-likeness (QED) is 0.644. The minimum atomic E-state index is -0.982. The highest BCUT2D eigenvalue weighted by Crippen LogP contribution is 2.12. The first-order valence-electron chi connectivity index (χ1n) is 6.37. The first kappa shape index (κ1) is 16.3. The molecule has 7 heteroatoms. The van der Waals surface area contributed by atoms with Crippen molar-refractivity contribution < 1.29 is 19.4 Å². The van der Waals surface area contributed by atoms with Gasteiger partial charge >= 0.3 is 5.97 Å². The van der Waals surface area contributed by atoms with E-state index in [4.69, 9.17) is 9.84 Å². The summed E-state index contributed by atoms with van der Waals surface area (Å²) in [5.74, 6) is 0.261. The number of nitrogens with zero attached hydrogens (tertiary/aromatic N) is 1. The van der Waals surface area contributed by atoms with Gasteiger partial charge in [0.1, 0.15) is 6.04 Å². The Morgan fingerprint density at radius 2 is 2.32 bits per heavy atom. The van der Waals surface area contributed by atoms with E-state index < -0.39 is 12.0 Å². The van der Waals surface area contributed by atoms with E-state index in [1.807, 2.05) is 0 Å². The number of carbonyl (C=O) groups is 2. The molecule has 1 fully saturated rings. The normalized spacial score (nSPS) is 21.9. The second-order valence-electron chi connectivity index (χ2n) is 4.71. The summed E-state index contributed by atoms with van der Waals surface area (Å²) in [4.78, 5) is 24.0. The van der Waals surface area contributed by atoms with Gasteiger partial charge in [0.15, 0.2) is 0 Å². The first-order valence-corrected chi connectivity index (χ1v) is 7.52. The standard InChI is InChI=1S/C12H22N2O4S/c1-9(15)13-11(12(16)17)3-6-19-8-10-7-14(2)4-5-18-10/h10-11H,3-8H2,1-2H3,(H,13,15)(H,16,17). The maximum absolute atomic E-state index is 10.9. The van der Waals surface area contributed by atoms with E-state index in [0.29, 0.717) is 12.2 Å². The molecular weight excluding hydrogens is 268 g/mol. The summed E-state index contributed by atoms with van der Waals surface area (Å²) >= 11 is 1.67. The maximum Gasteiger partial charge on any atom is 0.326 e. The van der Waals surface area contributed by atoms with Crippen molar-refractivity contribution in [2.45, 2.75) is 25.5 Å². The zero-order valence-corrected chi connectivity index (χ0v) is 12.2. The number of hydrogen-bond acceptors (Lipinski definition) is 5. The third-order valence-electron chi connectivity index (χ3n) is 2.87. The van der Waals surface area contributed by atoms with Gasteiger partial charge in [-0.05, 0) is 19.2 Å². The van der Waals surface area contributed by atoms with Crippen LogP contribution in [0.5, 0.6) is 0 Å². The molecule has 0 aromatic carbocycles. The summed E-state index contributed by atoms with van der Waals surface area (Å²) in [6.07, 6.45) is 0.648. The molecule has 0 aromatic heterocycles. The van der Waals surface area contributed by atoms with Crippen LogP contribution in [0, 0.1) is 0 Å². The van der Waals surface area contributed by atoms with Crippen LogP contribution in [0.1, 0.15) is 13.3 Å². The number of carbonyl (C=O) groups excluding carboxylic acids is 1. The number of thioether (sulfide) groups is 1. The average molecular weight is 290 g/mol. The molecule has 1 heterocycles. The third kappa shape index (κ3) is 6.79.